The molecule has 1 atom stereocenters. The average molecular weight is 241 g/mol. The van der Waals surface area contributed by atoms with E-state index < -0.39 is 11.6 Å². The molecule has 0 bridgehead atoms. The number of piperidine rings is 1. The van der Waals surface area contributed by atoms with Gasteiger partial charge in [-0.25, -0.2) is 8.78 Å². The van der Waals surface area contributed by atoms with Crippen LogP contribution in [0.5, 0.6) is 0 Å². The number of hydrogen-bond acceptors (Lipinski definition) is 2. The Labute approximate surface area is 99.7 Å². The van der Waals surface area contributed by atoms with Crippen LogP contribution in [0.2, 0.25) is 0 Å². The monoisotopic (exact) mass is 241 g/mol. The van der Waals surface area contributed by atoms with Gasteiger partial charge in [0.2, 0.25) is 0 Å². The molecule has 2 nitrogen and oxygen atoms in total. The molecule has 0 saturated carbocycles. The Morgan fingerprint density at radius 3 is 2.47 bits per heavy atom. The first-order valence-corrected chi connectivity index (χ1v) is 5.90. The fraction of sp³-hybridized carbons (Fsp3) is 0.538. The fourth-order valence-electron chi connectivity index (χ4n) is 2.52. The van der Waals surface area contributed by atoms with E-state index in [0.29, 0.717) is 18.5 Å². The van der Waals surface area contributed by atoms with Crippen molar-refractivity contribution < 1.29 is 13.9 Å². The van der Waals surface area contributed by atoms with Crippen molar-refractivity contribution in [1.82, 2.24) is 5.32 Å². The van der Waals surface area contributed by atoms with Crippen molar-refractivity contribution in [3.8, 4) is 0 Å². The molecule has 1 aliphatic heterocycles. The Kier molecular flexibility index (Phi) is 3.74. The molecular weight excluding hydrogens is 224 g/mol. The predicted octanol–water partition coefficient (Wildman–Crippen LogP) is 1.87. The summed E-state index contributed by atoms with van der Waals surface area (Å²) in [4.78, 5) is 0. The van der Waals surface area contributed by atoms with E-state index in [9.17, 15) is 13.9 Å². The van der Waals surface area contributed by atoms with Crippen LogP contribution >= 0.6 is 0 Å². The summed E-state index contributed by atoms with van der Waals surface area (Å²) in [6.07, 6.45) is 2.37. The minimum atomic E-state index is -0.558. The van der Waals surface area contributed by atoms with Gasteiger partial charge in [-0.05, 0) is 43.5 Å². The number of aliphatic hydroxyl groups is 1. The highest BCUT2D eigenvalue weighted by atomic mass is 19.1. The molecule has 1 fully saturated rings. The van der Waals surface area contributed by atoms with Crippen LogP contribution in [-0.4, -0.2) is 24.8 Å². The molecule has 0 radical (unpaired) electrons. The number of aliphatic hydroxyl groups excluding tert-OH is 1. The lowest BCUT2D eigenvalue weighted by Gasteiger charge is -2.36. The second-order valence-corrected chi connectivity index (χ2v) is 4.89. The molecule has 0 aromatic heterocycles. The molecule has 1 saturated heterocycles. The number of benzene rings is 1. The number of halogens is 2. The van der Waals surface area contributed by atoms with E-state index in [0.717, 1.165) is 25.5 Å². The van der Waals surface area contributed by atoms with Crippen molar-refractivity contribution >= 4 is 0 Å². The minimum Gasteiger partial charge on any atom is -0.396 e. The van der Waals surface area contributed by atoms with E-state index in [4.69, 9.17) is 0 Å². The summed E-state index contributed by atoms with van der Waals surface area (Å²) < 4.78 is 26.2. The standard InChI is InChI=1S/C13H17F2NO/c14-11-4-10(5-12(15)6-11)7-13(9-17)2-1-3-16-8-13/h4-6,16-17H,1-3,7-9H2. The van der Waals surface area contributed by atoms with Gasteiger partial charge in [-0.3, -0.25) is 0 Å². The lowest BCUT2D eigenvalue weighted by atomic mass is 9.76. The summed E-state index contributed by atoms with van der Waals surface area (Å²) >= 11 is 0. The fourth-order valence-corrected chi connectivity index (χ4v) is 2.52. The number of nitrogens with one attached hydrogen (secondary N) is 1. The van der Waals surface area contributed by atoms with Gasteiger partial charge in [-0.1, -0.05) is 0 Å². The zero-order chi connectivity index (χ0) is 12.3. The van der Waals surface area contributed by atoms with Crippen LogP contribution in [0.3, 0.4) is 0 Å². The van der Waals surface area contributed by atoms with Crippen molar-refractivity contribution in [2.45, 2.75) is 19.3 Å². The Morgan fingerprint density at radius 1 is 1.24 bits per heavy atom. The molecule has 94 valence electrons. The highest BCUT2D eigenvalue weighted by Crippen LogP contribution is 2.30. The summed E-state index contributed by atoms with van der Waals surface area (Å²) in [5.74, 6) is -1.12. The first-order chi connectivity index (χ1) is 8.13. The van der Waals surface area contributed by atoms with Gasteiger partial charge in [0, 0.05) is 18.0 Å². The van der Waals surface area contributed by atoms with Gasteiger partial charge >= 0.3 is 0 Å². The SMILES string of the molecule is OCC1(Cc2cc(F)cc(F)c2)CCCNC1. The summed E-state index contributed by atoms with van der Waals surface area (Å²) in [5, 5.41) is 12.7. The Balaban J connectivity index is 2.17. The number of rotatable bonds is 3. The van der Waals surface area contributed by atoms with Crippen molar-refractivity contribution in [3.05, 3.63) is 35.4 Å². The third-order valence-electron chi connectivity index (χ3n) is 3.40. The maximum Gasteiger partial charge on any atom is 0.126 e. The van der Waals surface area contributed by atoms with E-state index in [1.54, 1.807) is 0 Å². The second-order valence-electron chi connectivity index (χ2n) is 4.89. The van der Waals surface area contributed by atoms with Gasteiger partial charge in [0.25, 0.3) is 0 Å². The Hall–Kier alpha value is -1.00. The smallest absolute Gasteiger partial charge is 0.126 e. The van der Waals surface area contributed by atoms with E-state index >= 15 is 0 Å². The summed E-state index contributed by atoms with van der Waals surface area (Å²) in [5.41, 5.74) is 0.332. The van der Waals surface area contributed by atoms with Gasteiger partial charge in [0.15, 0.2) is 0 Å². The molecule has 1 aliphatic rings. The maximum absolute atomic E-state index is 13.1. The molecular formula is C13H17F2NO. The lowest BCUT2D eigenvalue weighted by Crippen LogP contribution is -2.44. The van der Waals surface area contributed by atoms with Gasteiger partial charge in [-0.15, -0.1) is 0 Å². The van der Waals surface area contributed by atoms with Crippen molar-refractivity contribution in [1.29, 1.82) is 0 Å². The van der Waals surface area contributed by atoms with Gasteiger partial charge < -0.3 is 10.4 Å². The number of hydrogen-bond donors (Lipinski definition) is 2. The molecule has 2 rings (SSSR count). The van der Waals surface area contributed by atoms with E-state index in [1.807, 2.05) is 0 Å². The molecule has 4 heteroatoms. The van der Waals surface area contributed by atoms with Crippen LogP contribution in [0, 0.1) is 17.0 Å². The molecule has 2 N–H and O–H groups in total. The highest BCUT2D eigenvalue weighted by molar-refractivity contribution is 5.20. The van der Waals surface area contributed by atoms with Gasteiger partial charge in [0.05, 0.1) is 6.61 Å². The van der Waals surface area contributed by atoms with Crippen LogP contribution in [-0.2, 0) is 6.42 Å². The predicted molar refractivity (Wildman–Crippen MR) is 61.7 cm³/mol. The Bertz CT molecular complexity index is 369. The van der Waals surface area contributed by atoms with Crippen LogP contribution in [0.4, 0.5) is 8.78 Å². The summed E-state index contributed by atoms with van der Waals surface area (Å²) in [7, 11) is 0. The third-order valence-corrected chi connectivity index (χ3v) is 3.40. The normalized spacial score (nSPS) is 24.9. The average Bonchev–Trinajstić information content (AvgIpc) is 2.29. The molecule has 1 heterocycles. The van der Waals surface area contributed by atoms with E-state index in [-0.39, 0.29) is 12.0 Å². The summed E-state index contributed by atoms with van der Waals surface area (Å²) in [6, 6.07) is 3.55. The first-order valence-electron chi connectivity index (χ1n) is 5.90. The second kappa shape index (κ2) is 5.10. The largest absolute Gasteiger partial charge is 0.396 e. The minimum absolute atomic E-state index is 0.0398. The molecule has 17 heavy (non-hydrogen) atoms. The molecule has 0 aliphatic carbocycles. The first kappa shape index (κ1) is 12.5. The van der Waals surface area contributed by atoms with Crippen molar-refractivity contribution in [2.24, 2.45) is 5.41 Å². The van der Waals surface area contributed by atoms with E-state index in [2.05, 4.69) is 5.32 Å². The van der Waals surface area contributed by atoms with Crippen molar-refractivity contribution in [2.75, 3.05) is 19.7 Å². The zero-order valence-electron chi connectivity index (χ0n) is 9.68. The Morgan fingerprint density at radius 2 is 1.94 bits per heavy atom. The van der Waals surface area contributed by atoms with Gasteiger partial charge in [0.1, 0.15) is 11.6 Å². The molecule has 1 aromatic carbocycles. The third kappa shape index (κ3) is 3.01. The topological polar surface area (TPSA) is 32.3 Å². The van der Waals surface area contributed by atoms with Crippen LogP contribution in [0.1, 0.15) is 18.4 Å². The van der Waals surface area contributed by atoms with Gasteiger partial charge in [-0.2, -0.15) is 0 Å². The van der Waals surface area contributed by atoms with Crippen LogP contribution < -0.4 is 5.32 Å². The molecule has 1 unspecified atom stereocenters. The quantitative estimate of drug-likeness (QED) is 0.846. The van der Waals surface area contributed by atoms with Crippen LogP contribution in [0.25, 0.3) is 0 Å². The highest BCUT2D eigenvalue weighted by Gasteiger charge is 2.31. The molecule has 0 spiro atoms. The molecule has 1 aromatic rings. The van der Waals surface area contributed by atoms with Crippen molar-refractivity contribution in [3.63, 3.8) is 0 Å². The zero-order valence-corrected chi connectivity index (χ0v) is 9.68. The summed E-state index contributed by atoms with van der Waals surface area (Å²) in [6.45, 7) is 1.68. The maximum atomic E-state index is 13.1. The van der Waals surface area contributed by atoms with Crippen LogP contribution in [0.15, 0.2) is 18.2 Å². The van der Waals surface area contributed by atoms with E-state index in [1.165, 1.54) is 12.1 Å². The lowest BCUT2D eigenvalue weighted by molar-refractivity contribution is 0.0946. The molecule has 0 amide bonds.